The molecule has 0 saturated heterocycles. The normalized spacial score (nSPS) is 13.7. The minimum Gasteiger partial charge on any atom is -0.461 e. The highest BCUT2D eigenvalue weighted by molar-refractivity contribution is 7.97. The smallest absolute Gasteiger partial charge is 0.362 e. The maximum atomic E-state index is 12.6. The van der Waals surface area contributed by atoms with Crippen molar-refractivity contribution in [3.05, 3.63) is 40.2 Å². The molecule has 0 spiro atoms. The van der Waals surface area contributed by atoms with Crippen molar-refractivity contribution in [3.63, 3.8) is 0 Å². The van der Waals surface area contributed by atoms with Crippen LogP contribution in [0.25, 0.3) is 0 Å². The fraction of sp³-hybridized carbons (Fsp3) is 0.476. The van der Waals surface area contributed by atoms with Crippen LogP contribution in [0.2, 0.25) is 0 Å². The monoisotopic (exact) mass is 399 g/mol. The standard InChI is InChI=1S/C21H25N3O3S/c1-5-26-21(25)18-20(19(15-7-6-8-15)24(23-18)12-28-4)27-16-9-13(2)17(11-22)14(3)10-16/h9-10,15H,5-8,12H2,1-4H3. The Balaban J connectivity index is 2.09. The molecule has 1 saturated carbocycles. The lowest BCUT2D eigenvalue weighted by Gasteiger charge is -2.27. The number of nitrogens with zero attached hydrogens (tertiary/aromatic N) is 3. The zero-order valence-electron chi connectivity index (χ0n) is 16.7. The minimum absolute atomic E-state index is 0.220. The molecule has 0 aliphatic heterocycles. The number of ether oxygens (including phenoxy) is 2. The van der Waals surface area contributed by atoms with Crippen molar-refractivity contribution in [1.29, 1.82) is 5.26 Å². The van der Waals surface area contributed by atoms with Gasteiger partial charge in [0.15, 0.2) is 5.75 Å². The summed E-state index contributed by atoms with van der Waals surface area (Å²) in [5.41, 5.74) is 3.52. The molecule has 0 N–H and O–H groups in total. The van der Waals surface area contributed by atoms with Crippen LogP contribution in [-0.2, 0) is 10.6 Å². The summed E-state index contributed by atoms with van der Waals surface area (Å²) in [6, 6.07) is 5.88. The van der Waals surface area contributed by atoms with Gasteiger partial charge in [0.2, 0.25) is 5.69 Å². The summed E-state index contributed by atoms with van der Waals surface area (Å²) in [5, 5.41) is 13.8. The Hall–Kier alpha value is -2.46. The third-order valence-corrected chi connectivity index (χ3v) is 5.50. The van der Waals surface area contributed by atoms with Crippen LogP contribution in [0.5, 0.6) is 11.5 Å². The third-order valence-electron chi connectivity index (χ3n) is 5.00. The maximum Gasteiger partial charge on any atom is 0.362 e. The Morgan fingerprint density at radius 1 is 1.36 bits per heavy atom. The number of aryl methyl sites for hydroxylation is 2. The number of benzene rings is 1. The number of thioether (sulfide) groups is 1. The molecule has 0 unspecified atom stereocenters. The lowest BCUT2D eigenvalue weighted by atomic mass is 9.82. The first kappa shape index (κ1) is 20.3. The molecule has 1 heterocycles. The average molecular weight is 400 g/mol. The summed E-state index contributed by atoms with van der Waals surface area (Å²) in [7, 11) is 0. The molecule has 2 aromatic rings. The van der Waals surface area contributed by atoms with Crippen LogP contribution in [0.3, 0.4) is 0 Å². The molecule has 0 atom stereocenters. The van der Waals surface area contributed by atoms with Crippen LogP contribution in [0.4, 0.5) is 0 Å². The first-order valence-electron chi connectivity index (χ1n) is 9.46. The Morgan fingerprint density at radius 3 is 2.54 bits per heavy atom. The average Bonchev–Trinajstić information content (AvgIpc) is 2.92. The molecule has 1 aromatic heterocycles. The van der Waals surface area contributed by atoms with Crippen molar-refractivity contribution in [2.24, 2.45) is 0 Å². The summed E-state index contributed by atoms with van der Waals surface area (Å²) >= 11 is 1.64. The Kier molecular flexibility index (Phi) is 6.30. The van der Waals surface area contributed by atoms with Gasteiger partial charge in [0, 0.05) is 5.92 Å². The molecule has 1 fully saturated rings. The van der Waals surface area contributed by atoms with Crippen LogP contribution in [0, 0.1) is 25.2 Å². The predicted molar refractivity (Wildman–Crippen MR) is 109 cm³/mol. The Morgan fingerprint density at radius 2 is 2.04 bits per heavy atom. The molecule has 0 amide bonds. The topological polar surface area (TPSA) is 77.1 Å². The molecule has 6 nitrogen and oxygen atoms in total. The number of rotatable bonds is 7. The maximum absolute atomic E-state index is 12.6. The van der Waals surface area contributed by atoms with E-state index in [0.29, 0.717) is 28.9 Å². The van der Waals surface area contributed by atoms with Gasteiger partial charge in [0.05, 0.1) is 29.8 Å². The quantitative estimate of drug-likeness (QED) is 0.615. The van der Waals surface area contributed by atoms with Crippen LogP contribution in [0.1, 0.15) is 65.0 Å². The Bertz CT molecular complexity index is 903. The molecule has 1 aliphatic carbocycles. The highest BCUT2D eigenvalue weighted by Gasteiger charge is 2.33. The molecular formula is C21H25N3O3S. The van der Waals surface area contributed by atoms with E-state index in [0.717, 1.165) is 29.7 Å². The zero-order valence-corrected chi connectivity index (χ0v) is 17.6. The zero-order chi connectivity index (χ0) is 20.3. The third kappa shape index (κ3) is 3.88. The fourth-order valence-electron chi connectivity index (χ4n) is 3.47. The highest BCUT2D eigenvalue weighted by atomic mass is 32.2. The van der Waals surface area contributed by atoms with E-state index in [-0.39, 0.29) is 12.3 Å². The van der Waals surface area contributed by atoms with E-state index < -0.39 is 5.97 Å². The number of hydrogen-bond donors (Lipinski definition) is 0. The van der Waals surface area contributed by atoms with E-state index in [4.69, 9.17) is 9.47 Å². The number of hydrogen-bond acceptors (Lipinski definition) is 6. The summed E-state index contributed by atoms with van der Waals surface area (Å²) in [5.74, 6) is 1.59. The van der Waals surface area contributed by atoms with Gasteiger partial charge < -0.3 is 9.47 Å². The molecule has 28 heavy (non-hydrogen) atoms. The van der Waals surface area contributed by atoms with Gasteiger partial charge >= 0.3 is 5.97 Å². The van der Waals surface area contributed by atoms with Gasteiger partial charge in [-0.05, 0) is 63.1 Å². The van der Waals surface area contributed by atoms with Gasteiger partial charge in [-0.2, -0.15) is 10.4 Å². The summed E-state index contributed by atoms with van der Waals surface area (Å²) < 4.78 is 13.3. The SMILES string of the molecule is CCOC(=O)c1nn(CSC)c(C2CCC2)c1Oc1cc(C)c(C#N)c(C)c1. The highest BCUT2D eigenvalue weighted by Crippen LogP contribution is 2.44. The van der Waals surface area contributed by atoms with Gasteiger partial charge in [-0.25, -0.2) is 4.79 Å². The minimum atomic E-state index is -0.472. The van der Waals surface area contributed by atoms with Crippen molar-refractivity contribution in [2.75, 3.05) is 12.9 Å². The van der Waals surface area contributed by atoms with E-state index in [1.807, 2.05) is 36.9 Å². The summed E-state index contributed by atoms with van der Waals surface area (Å²) in [6.45, 7) is 5.82. The lowest BCUT2D eigenvalue weighted by molar-refractivity contribution is 0.0516. The van der Waals surface area contributed by atoms with Gasteiger partial charge in [0.25, 0.3) is 0 Å². The number of nitriles is 1. The number of carbonyl (C=O) groups is 1. The second-order valence-corrected chi connectivity index (χ2v) is 7.81. The van der Waals surface area contributed by atoms with Crippen molar-refractivity contribution in [2.45, 2.75) is 51.8 Å². The van der Waals surface area contributed by atoms with Gasteiger partial charge in [-0.15, -0.1) is 11.8 Å². The van der Waals surface area contributed by atoms with E-state index in [2.05, 4.69) is 11.2 Å². The van der Waals surface area contributed by atoms with Crippen molar-refractivity contribution >= 4 is 17.7 Å². The molecule has 1 aromatic carbocycles. The van der Waals surface area contributed by atoms with Gasteiger partial charge in [-0.1, -0.05) is 6.42 Å². The first-order valence-corrected chi connectivity index (χ1v) is 10.8. The predicted octanol–water partition coefficient (Wildman–Crippen LogP) is 4.93. The van der Waals surface area contributed by atoms with Crippen LogP contribution in [-0.4, -0.2) is 28.6 Å². The van der Waals surface area contributed by atoms with Crippen LogP contribution >= 0.6 is 11.8 Å². The molecule has 3 rings (SSSR count). The summed E-state index contributed by atoms with van der Waals surface area (Å²) in [4.78, 5) is 12.6. The Labute approximate surface area is 169 Å². The van der Waals surface area contributed by atoms with E-state index in [1.165, 1.54) is 6.42 Å². The molecule has 0 bridgehead atoms. The van der Waals surface area contributed by atoms with Crippen molar-refractivity contribution in [3.8, 4) is 17.6 Å². The number of aromatic nitrogens is 2. The van der Waals surface area contributed by atoms with Crippen LogP contribution in [0.15, 0.2) is 12.1 Å². The number of carbonyl (C=O) groups excluding carboxylic acids is 1. The van der Waals surface area contributed by atoms with E-state index >= 15 is 0 Å². The molecular weight excluding hydrogens is 374 g/mol. The largest absolute Gasteiger partial charge is 0.461 e. The first-order chi connectivity index (χ1) is 13.5. The van der Waals surface area contributed by atoms with Crippen molar-refractivity contribution < 1.29 is 14.3 Å². The molecule has 7 heteroatoms. The van der Waals surface area contributed by atoms with E-state index in [9.17, 15) is 10.1 Å². The molecule has 148 valence electrons. The van der Waals surface area contributed by atoms with E-state index in [1.54, 1.807) is 18.7 Å². The van der Waals surface area contributed by atoms with Gasteiger partial charge in [-0.3, -0.25) is 4.68 Å². The van der Waals surface area contributed by atoms with Crippen LogP contribution < -0.4 is 4.74 Å². The van der Waals surface area contributed by atoms with Gasteiger partial charge in [0.1, 0.15) is 5.75 Å². The fourth-order valence-corrected chi connectivity index (χ4v) is 3.91. The number of esters is 1. The van der Waals surface area contributed by atoms with Crippen molar-refractivity contribution in [1.82, 2.24) is 9.78 Å². The molecule has 1 aliphatic rings. The molecule has 0 radical (unpaired) electrons. The summed E-state index contributed by atoms with van der Waals surface area (Å²) in [6.07, 6.45) is 5.29. The lowest BCUT2D eigenvalue weighted by Crippen LogP contribution is -2.15. The second kappa shape index (κ2) is 8.70. The second-order valence-electron chi connectivity index (χ2n) is 6.97.